The first-order chi connectivity index (χ1) is 11.8. The van der Waals surface area contributed by atoms with Crippen molar-refractivity contribution >= 4 is 17.2 Å². The van der Waals surface area contributed by atoms with Crippen molar-refractivity contribution in [2.75, 3.05) is 6.54 Å². The van der Waals surface area contributed by atoms with Crippen LogP contribution in [-0.2, 0) is 6.54 Å². The Kier molecular flexibility index (Phi) is 4.04. The van der Waals surface area contributed by atoms with Crippen molar-refractivity contribution in [1.82, 2.24) is 29.6 Å². The molecule has 0 spiro atoms. The fourth-order valence-corrected chi connectivity index (χ4v) is 3.77. The van der Waals surface area contributed by atoms with Gasteiger partial charge >= 0.3 is 0 Å². The molecule has 3 aromatic rings. The van der Waals surface area contributed by atoms with E-state index in [4.69, 9.17) is 0 Å². The summed E-state index contributed by atoms with van der Waals surface area (Å²) in [6.45, 7) is 1.51. The Morgan fingerprint density at radius 1 is 1.21 bits per heavy atom. The van der Waals surface area contributed by atoms with Gasteiger partial charge in [0.05, 0.1) is 18.8 Å². The molecule has 1 fully saturated rings. The molecule has 7 nitrogen and oxygen atoms in total. The molecule has 122 valence electrons. The van der Waals surface area contributed by atoms with Crippen LogP contribution in [0.2, 0.25) is 0 Å². The van der Waals surface area contributed by atoms with Crippen molar-refractivity contribution in [2.45, 2.75) is 25.4 Å². The van der Waals surface area contributed by atoms with Crippen LogP contribution in [0.5, 0.6) is 0 Å². The Morgan fingerprint density at radius 2 is 2.08 bits per heavy atom. The van der Waals surface area contributed by atoms with E-state index in [1.807, 2.05) is 21.8 Å². The number of hydrogen-bond acceptors (Lipinski definition) is 6. The van der Waals surface area contributed by atoms with Crippen molar-refractivity contribution in [2.24, 2.45) is 0 Å². The van der Waals surface area contributed by atoms with Gasteiger partial charge in [0.25, 0.3) is 5.91 Å². The molecule has 1 saturated heterocycles. The summed E-state index contributed by atoms with van der Waals surface area (Å²) in [7, 11) is 0. The first-order valence-electron chi connectivity index (χ1n) is 7.83. The second kappa shape index (κ2) is 6.48. The normalized spacial score (nSPS) is 17.3. The molecule has 4 rings (SSSR count). The van der Waals surface area contributed by atoms with E-state index >= 15 is 0 Å². The number of amides is 1. The molecular weight excluding hydrogens is 324 g/mol. The average molecular weight is 340 g/mol. The number of carbonyl (C=O) groups excluding carboxylic acids is 1. The number of thiazole rings is 1. The van der Waals surface area contributed by atoms with E-state index in [0.29, 0.717) is 15.7 Å². The molecule has 0 unspecified atom stereocenters. The molecule has 24 heavy (non-hydrogen) atoms. The van der Waals surface area contributed by atoms with Crippen LogP contribution in [-0.4, -0.2) is 48.1 Å². The highest BCUT2D eigenvalue weighted by atomic mass is 32.1. The molecule has 0 saturated carbocycles. The van der Waals surface area contributed by atoms with Gasteiger partial charge in [0, 0.05) is 31.3 Å². The Morgan fingerprint density at radius 3 is 2.88 bits per heavy atom. The summed E-state index contributed by atoms with van der Waals surface area (Å²) >= 11 is 1.34. The molecular formula is C16H16N6OS. The van der Waals surface area contributed by atoms with E-state index < -0.39 is 0 Å². The standard InChI is InChI=1S/C16H16N6OS/c23-16(13-10-19-15(24-13)14-17-5-2-6-18-14)22-9-1-4-12(22)11-21-8-3-7-20-21/h2-3,5-8,10,12H,1,4,9,11H2/t12-/m1/s1. The number of likely N-dealkylation sites (tertiary alicyclic amines) is 1. The Bertz CT molecular complexity index is 816. The summed E-state index contributed by atoms with van der Waals surface area (Å²) in [5.41, 5.74) is 0. The summed E-state index contributed by atoms with van der Waals surface area (Å²) in [6.07, 6.45) is 10.7. The minimum atomic E-state index is 0.0318. The number of nitrogens with zero attached hydrogens (tertiary/aromatic N) is 6. The topological polar surface area (TPSA) is 76.8 Å². The first-order valence-corrected chi connectivity index (χ1v) is 8.64. The van der Waals surface area contributed by atoms with E-state index in [1.54, 1.807) is 30.9 Å². The fourth-order valence-electron chi connectivity index (χ4n) is 2.94. The molecule has 1 amide bonds. The van der Waals surface area contributed by atoms with Crippen molar-refractivity contribution < 1.29 is 4.79 Å². The zero-order valence-electron chi connectivity index (χ0n) is 12.9. The van der Waals surface area contributed by atoms with Crippen molar-refractivity contribution in [3.63, 3.8) is 0 Å². The highest BCUT2D eigenvalue weighted by Crippen LogP contribution is 2.26. The van der Waals surface area contributed by atoms with Crippen molar-refractivity contribution in [3.05, 3.63) is 48.0 Å². The molecule has 8 heteroatoms. The molecule has 1 aliphatic rings. The third kappa shape index (κ3) is 2.92. The third-order valence-electron chi connectivity index (χ3n) is 4.07. The van der Waals surface area contributed by atoms with Gasteiger partial charge in [-0.25, -0.2) is 15.0 Å². The smallest absolute Gasteiger partial charge is 0.265 e. The number of rotatable bonds is 4. The van der Waals surface area contributed by atoms with Crippen LogP contribution < -0.4 is 0 Å². The van der Waals surface area contributed by atoms with E-state index in [2.05, 4.69) is 20.1 Å². The van der Waals surface area contributed by atoms with Gasteiger partial charge in [-0.2, -0.15) is 5.10 Å². The monoisotopic (exact) mass is 340 g/mol. The number of carbonyl (C=O) groups is 1. The Hall–Kier alpha value is -2.61. The second-order valence-corrected chi connectivity index (χ2v) is 6.66. The van der Waals surface area contributed by atoms with Gasteiger partial charge in [-0.1, -0.05) is 0 Å². The van der Waals surface area contributed by atoms with Crippen LogP contribution in [0.4, 0.5) is 0 Å². The molecule has 4 heterocycles. The van der Waals surface area contributed by atoms with Crippen molar-refractivity contribution in [3.8, 4) is 10.8 Å². The van der Waals surface area contributed by atoms with Crippen LogP contribution in [0, 0.1) is 0 Å². The summed E-state index contributed by atoms with van der Waals surface area (Å²) in [5, 5.41) is 4.91. The summed E-state index contributed by atoms with van der Waals surface area (Å²) < 4.78 is 1.88. The zero-order chi connectivity index (χ0) is 16.4. The maximum absolute atomic E-state index is 12.9. The summed E-state index contributed by atoms with van der Waals surface area (Å²) in [4.78, 5) is 28.1. The van der Waals surface area contributed by atoms with Gasteiger partial charge in [-0.15, -0.1) is 11.3 Å². The lowest BCUT2D eigenvalue weighted by atomic mass is 10.2. The predicted octanol–water partition coefficient (Wildman–Crippen LogP) is 2.10. The van der Waals surface area contributed by atoms with Crippen LogP contribution in [0.3, 0.4) is 0 Å². The predicted molar refractivity (Wildman–Crippen MR) is 89.4 cm³/mol. The van der Waals surface area contributed by atoms with Gasteiger partial charge in [0.2, 0.25) is 0 Å². The van der Waals surface area contributed by atoms with Gasteiger partial charge in [-0.05, 0) is 25.0 Å². The highest BCUT2D eigenvalue weighted by Gasteiger charge is 2.31. The lowest BCUT2D eigenvalue weighted by molar-refractivity contribution is 0.0726. The highest BCUT2D eigenvalue weighted by molar-refractivity contribution is 7.16. The number of hydrogen-bond donors (Lipinski definition) is 0. The van der Waals surface area contributed by atoms with Crippen LogP contribution >= 0.6 is 11.3 Å². The minimum absolute atomic E-state index is 0.0318. The molecule has 0 aliphatic carbocycles. The van der Waals surface area contributed by atoms with Crippen molar-refractivity contribution in [1.29, 1.82) is 0 Å². The molecule has 1 atom stereocenters. The molecule has 1 aliphatic heterocycles. The third-order valence-corrected chi connectivity index (χ3v) is 5.05. The molecule has 0 aromatic carbocycles. The van der Waals surface area contributed by atoms with Gasteiger partial charge in [0.1, 0.15) is 4.88 Å². The van der Waals surface area contributed by atoms with E-state index in [9.17, 15) is 4.79 Å². The first kappa shape index (κ1) is 14.9. The molecule has 3 aromatic heterocycles. The van der Waals surface area contributed by atoms with E-state index in [0.717, 1.165) is 25.9 Å². The molecule has 0 N–H and O–H groups in total. The van der Waals surface area contributed by atoms with Crippen LogP contribution in [0.25, 0.3) is 10.8 Å². The Balaban J connectivity index is 1.52. The molecule has 0 bridgehead atoms. The zero-order valence-corrected chi connectivity index (χ0v) is 13.8. The van der Waals surface area contributed by atoms with Crippen LogP contribution in [0.1, 0.15) is 22.5 Å². The summed E-state index contributed by atoms with van der Waals surface area (Å²) in [6, 6.07) is 3.83. The summed E-state index contributed by atoms with van der Waals surface area (Å²) in [5.74, 6) is 0.584. The lowest BCUT2D eigenvalue weighted by Crippen LogP contribution is -2.37. The minimum Gasteiger partial charge on any atom is -0.333 e. The maximum atomic E-state index is 12.9. The SMILES string of the molecule is O=C(c1cnc(-c2ncccn2)s1)N1CCC[C@@H]1Cn1cccn1. The fraction of sp³-hybridized carbons (Fsp3) is 0.312. The largest absolute Gasteiger partial charge is 0.333 e. The second-order valence-electron chi connectivity index (χ2n) is 5.62. The van der Waals surface area contributed by atoms with Gasteiger partial charge in [-0.3, -0.25) is 9.48 Å². The van der Waals surface area contributed by atoms with E-state index in [1.165, 1.54) is 11.3 Å². The quantitative estimate of drug-likeness (QED) is 0.727. The van der Waals surface area contributed by atoms with Gasteiger partial charge in [0.15, 0.2) is 10.8 Å². The average Bonchev–Trinajstić information content (AvgIpc) is 3.37. The van der Waals surface area contributed by atoms with Gasteiger partial charge < -0.3 is 4.90 Å². The Labute approximate surface area is 143 Å². The van der Waals surface area contributed by atoms with Crippen LogP contribution in [0.15, 0.2) is 43.1 Å². The van der Waals surface area contributed by atoms with E-state index in [-0.39, 0.29) is 11.9 Å². The number of aromatic nitrogens is 5. The lowest BCUT2D eigenvalue weighted by Gasteiger charge is -2.24. The molecule has 0 radical (unpaired) electrons. The maximum Gasteiger partial charge on any atom is 0.265 e.